The van der Waals surface area contributed by atoms with E-state index in [-0.39, 0.29) is 16.8 Å². The maximum atomic E-state index is 12.3. The van der Waals surface area contributed by atoms with Gasteiger partial charge in [0.15, 0.2) is 6.10 Å². The van der Waals surface area contributed by atoms with Crippen LogP contribution in [0.3, 0.4) is 0 Å². The van der Waals surface area contributed by atoms with Crippen molar-refractivity contribution in [1.82, 2.24) is 4.72 Å². The fraction of sp³-hybridized carbons (Fsp3) is 0.316. The Kier molecular flexibility index (Phi) is 6.86. The predicted molar refractivity (Wildman–Crippen MR) is 107 cm³/mol. The van der Waals surface area contributed by atoms with E-state index in [0.717, 1.165) is 5.56 Å². The van der Waals surface area contributed by atoms with E-state index in [0.29, 0.717) is 16.5 Å². The molecule has 0 aliphatic carbocycles. The summed E-state index contributed by atoms with van der Waals surface area (Å²) in [6, 6.07) is 10.9. The van der Waals surface area contributed by atoms with Crippen molar-refractivity contribution in [3.63, 3.8) is 0 Å². The minimum atomic E-state index is -3.57. The fourth-order valence-corrected chi connectivity index (χ4v) is 3.81. The van der Waals surface area contributed by atoms with Crippen LogP contribution in [0.1, 0.15) is 26.3 Å². The van der Waals surface area contributed by atoms with Crippen LogP contribution in [0.2, 0.25) is 5.02 Å². The summed E-state index contributed by atoms with van der Waals surface area (Å²) in [5.41, 5.74) is 1.31. The number of carbonyl (C=O) groups is 1. The standard InChI is InChI=1S/C19H23ClN2O4S/c1-12(2)22-27(24,25)17-8-6-16(7-9-17)21-19(23)14(4)26-18-10-5-15(20)11-13(18)3/h5-12,14,22H,1-4H3,(H,21,23)/t14-/m0/s1. The van der Waals surface area contributed by atoms with Crippen molar-refractivity contribution >= 4 is 33.2 Å². The number of ether oxygens (including phenoxy) is 1. The molecule has 0 saturated carbocycles. The van der Waals surface area contributed by atoms with E-state index in [2.05, 4.69) is 10.0 Å². The first-order chi connectivity index (χ1) is 12.6. The van der Waals surface area contributed by atoms with Crippen LogP contribution in [0.5, 0.6) is 5.75 Å². The molecule has 0 aliphatic rings. The molecule has 2 aromatic rings. The predicted octanol–water partition coefficient (Wildman–Crippen LogP) is 3.74. The Morgan fingerprint density at radius 2 is 1.70 bits per heavy atom. The van der Waals surface area contributed by atoms with E-state index in [1.54, 1.807) is 39.0 Å². The van der Waals surface area contributed by atoms with E-state index in [4.69, 9.17) is 16.3 Å². The van der Waals surface area contributed by atoms with Gasteiger partial charge in [-0.1, -0.05) is 11.6 Å². The lowest BCUT2D eigenvalue weighted by atomic mass is 10.2. The van der Waals surface area contributed by atoms with Crippen molar-refractivity contribution in [3.05, 3.63) is 53.1 Å². The Bertz CT molecular complexity index is 912. The average Bonchev–Trinajstić information content (AvgIpc) is 2.56. The number of amides is 1. The number of benzene rings is 2. The zero-order valence-electron chi connectivity index (χ0n) is 15.6. The number of hydrogen-bond donors (Lipinski definition) is 2. The third-order valence-electron chi connectivity index (χ3n) is 3.63. The molecule has 0 bridgehead atoms. The highest BCUT2D eigenvalue weighted by molar-refractivity contribution is 7.89. The molecule has 0 radical (unpaired) electrons. The molecular formula is C19H23ClN2O4S. The molecule has 27 heavy (non-hydrogen) atoms. The molecule has 0 unspecified atom stereocenters. The molecule has 2 aromatic carbocycles. The maximum absolute atomic E-state index is 12.3. The number of carbonyl (C=O) groups excluding carboxylic acids is 1. The quantitative estimate of drug-likeness (QED) is 0.728. The highest BCUT2D eigenvalue weighted by Crippen LogP contribution is 2.23. The van der Waals surface area contributed by atoms with Gasteiger partial charge in [-0.15, -0.1) is 0 Å². The smallest absolute Gasteiger partial charge is 0.265 e. The summed E-state index contributed by atoms with van der Waals surface area (Å²) >= 11 is 5.91. The summed E-state index contributed by atoms with van der Waals surface area (Å²) in [7, 11) is -3.57. The normalized spacial score (nSPS) is 12.7. The van der Waals surface area contributed by atoms with Gasteiger partial charge in [0.2, 0.25) is 10.0 Å². The summed E-state index contributed by atoms with van der Waals surface area (Å²) in [5.74, 6) is 0.225. The van der Waals surface area contributed by atoms with E-state index < -0.39 is 16.1 Å². The van der Waals surface area contributed by atoms with Gasteiger partial charge >= 0.3 is 0 Å². The van der Waals surface area contributed by atoms with Crippen molar-refractivity contribution in [2.45, 2.75) is 44.7 Å². The molecule has 6 nitrogen and oxygen atoms in total. The van der Waals surface area contributed by atoms with E-state index in [1.807, 2.05) is 6.92 Å². The summed E-state index contributed by atoms with van der Waals surface area (Å²) in [6.07, 6.45) is -0.740. The largest absolute Gasteiger partial charge is 0.481 e. The zero-order chi connectivity index (χ0) is 20.2. The summed E-state index contributed by atoms with van der Waals surface area (Å²) in [6.45, 7) is 6.97. The highest BCUT2D eigenvalue weighted by atomic mass is 35.5. The van der Waals surface area contributed by atoms with Gasteiger partial charge in [-0.05, 0) is 75.7 Å². The lowest BCUT2D eigenvalue weighted by Crippen LogP contribution is -2.31. The number of sulfonamides is 1. The van der Waals surface area contributed by atoms with Crippen LogP contribution in [-0.4, -0.2) is 26.5 Å². The van der Waals surface area contributed by atoms with Gasteiger partial charge in [0.05, 0.1) is 4.90 Å². The highest BCUT2D eigenvalue weighted by Gasteiger charge is 2.18. The van der Waals surface area contributed by atoms with Crippen LogP contribution in [0.25, 0.3) is 0 Å². The molecule has 0 saturated heterocycles. The monoisotopic (exact) mass is 410 g/mol. The molecule has 0 heterocycles. The number of rotatable bonds is 7. The molecule has 2 N–H and O–H groups in total. The van der Waals surface area contributed by atoms with Gasteiger partial charge < -0.3 is 10.1 Å². The van der Waals surface area contributed by atoms with Gasteiger partial charge in [0.25, 0.3) is 5.91 Å². The number of halogens is 1. The number of anilines is 1. The second-order valence-electron chi connectivity index (χ2n) is 6.46. The molecule has 146 valence electrons. The summed E-state index contributed by atoms with van der Waals surface area (Å²) in [5, 5.41) is 3.30. The van der Waals surface area contributed by atoms with Crippen molar-refractivity contribution < 1.29 is 17.9 Å². The van der Waals surface area contributed by atoms with Gasteiger partial charge in [0, 0.05) is 16.8 Å². The van der Waals surface area contributed by atoms with Gasteiger partial charge in [0.1, 0.15) is 5.75 Å². The molecule has 0 aliphatic heterocycles. The van der Waals surface area contributed by atoms with E-state index >= 15 is 0 Å². The topological polar surface area (TPSA) is 84.5 Å². The third-order valence-corrected chi connectivity index (χ3v) is 5.54. The first-order valence-electron chi connectivity index (χ1n) is 8.44. The number of hydrogen-bond acceptors (Lipinski definition) is 4. The molecule has 2 rings (SSSR count). The second kappa shape index (κ2) is 8.73. The number of aryl methyl sites for hydroxylation is 1. The lowest BCUT2D eigenvalue weighted by molar-refractivity contribution is -0.122. The average molecular weight is 411 g/mol. The van der Waals surface area contributed by atoms with Gasteiger partial charge in [-0.3, -0.25) is 4.79 Å². The van der Waals surface area contributed by atoms with Crippen LogP contribution in [-0.2, 0) is 14.8 Å². The van der Waals surface area contributed by atoms with Crippen molar-refractivity contribution in [1.29, 1.82) is 0 Å². The summed E-state index contributed by atoms with van der Waals surface area (Å²) < 4.78 is 32.4. The minimum Gasteiger partial charge on any atom is -0.481 e. The third kappa shape index (κ3) is 5.95. The van der Waals surface area contributed by atoms with Crippen molar-refractivity contribution in [2.24, 2.45) is 0 Å². The Balaban J connectivity index is 2.02. The van der Waals surface area contributed by atoms with Crippen molar-refractivity contribution in [3.8, 4) is 5.75 Å². The van der Waals surface area contributed by atoms with Gasteiger partial charge in [-0.25, -0.2) is 13.1 Å². The molecule has 0 fully saturated rings. The van der Waals surface area contributed by atoms with Crippen LogP contribution in [0, 0.1) is 6.92 Å². The second-order valence-corrected chi connectivity index (χ2v) is 8.61. The Hall–Kier alpha value is -2.09. The minimum absolute atomic E-state index is 0.135. The van der Waals surface area contributed by atoms with Crippen molar-refractivity contribution in [2.75, 3.05) is 5.32 Å². The first kappa shape index (κ1) is 21.2. The van der Waals surface area contributed by atoms with Gasteiger partial charge in [-0.2, -0.15) is 0 Å². The van der Waals surface area contributed by atoms with Crippen LogP contribution in [0.15, 0.2) is 47.4 Å². The Morgan fingerprint density at radius 3 is 2.26 bits per heavy atom. The van der Waals surface area contributed by atoms with Crippen LogP contribution in [0.4, 0.5) is 5.69 Å². The van der Waals surface area contributed by atoms with Crippen LogP contribution < -0.4 is 14.8 Å². The molecule has 1 atom stereocenters. The SMILES string of the molecule is Cc1cc(Cl)ccc1O[C@@H](C)C(=O)Nc1ccc(S(=O)(=O)NC(C)C)cc1. The molecule has 8 heteroatoms. The molecule has 0 aromatic heterocycles. The zero-order valence-corrected chi connectivity index (χ0v) is 17.2. The number of nitrogens with one attached hydrogen (secondary N) is 2. The molecular weight excluding hydrogens is 388 g/mol. The first-order valence-corrected chi connectivity index (χ1v) is 10.3. The van der Waals surface area contributed by atoms with E-state index in [9.17, 15) is 13.2 Å². The molecule has 0 spiro atoms. The molecule has 1 amide bonds. The van der Waals surface area contributed by atoms with E-state index in [1.165, 1.54) is 24.3 Å². The fourth-order valence-electron chi connectivity index (χ4n) is 2.33. The lowest BCUT2D eigenvalue weighted by Gasteiger charge is -2.16. The Labute approximate surface area is 164 Å². The summed E-state index contributed by atoms with van der Waals surface area (Å²) in [4.78, 5) is 12.5. The Morgan fingerprint density at radius 1 is 1.07 bits per heavy atom. The maximum Gasteiger partial charge on any atom is 0.265 e. The van der Waals surface area contributed by atoms with Crippen LogP contribution >= 0.6 is 11.6 Å².